The molecule has 0 bridgehead atoms. The molecule has 2 rings (SSSR count). The Kier molecular flexibility index (Phi) is 5.92. The number of nitrogens with one attached hydrogen (secondary N) is 1. The lowest BCUT2D eigenvalue weighted by Gasteiger charge is -2.32. The number of rotatable bonds is 4. The molecule has 1 aliphatic rings. The van der Waals surface area contributed by atoms with Gasteiger partial charge in [-0.1, -0.05) is 36.6 Å². The summed E-state index contributed by atoms with van der Waals surface area (Å²) in [6.07, 6.45) is -4.03. The van der Waals surface area contributed by atoms with Gasteiger partial charge in [-0.25, -0.2) is 0 Å². The molecule has 128 valence electrons. The Bertz CT molecular complexity index is 533. The van der Waals surface area contributed by atoms with E-state index in [0.29, 0.717) is 23.4 Å². The maximum Gasteiger partial charge on any atom is 0.392 e. The molecule has 3 nitrogen and oxygen atoms in total. The first-order valence-electron chi connectivity index (χ1n) is 7.57. The predicted molar refractivity (Wildman–Crippen MR) is 80.9 cm³/mol. The fourth-order valence-electron chi connectivity index (χ4n) is 2.97. The molecule has 0 spiro atoms. The lowest BCUT2D eigenvalue weighted by molar-refractivity contribution is -0.198. The summed E-state index contributed by atoms with van der Waals surface area (Å²) >= 11 is 5.75. The van der Waals surface area contributed by atoms with Crippen molar-refractivity contribution < 1.29 is 23.1 Å². The standard InChI is InChI=1S/C16H19ClF3NO2/c17-11-7-5-10(6-8-11)14(22)9-21-15(23)12-3-1-2-4-13(12)16(18,19)20/h5-8,12-14,22H,1-4,9H2,(H,21,23). The topological polar surface area (TPSA) is 49.3 Å². The third kappa shape index (κ3) is 4.85. The van der Waals surface area contributed by atoms with Gasteiger partial charge in [-0.15, -0.1) is 0 Å². The molecule has 1 saturated carbocycles. The van der Waals surface area contributed by atoms with Crippen LogP contribution in [0.3, 0.4) is 0 Å². The van der Waals surface area contributed by atoms with Crippen molar-refractivity contribution in [2.45, 2.75) is 38.0 Å². The first-order chi connectivity index (χ1) is 10.8. The molecule has 0 aliphatic heterocycles. The molecular formula is C16H19ClF3NO2. The van der Waals surface area contributed by atoms with Gasteiger partial charge in [-0.3, -0.25) is 4.79 Å². The molecule has 7 heteroatoms. The van der Waals surface area contributed by atoms with Crippen molar-refractivity contribution in [1.82, 2.24) is 5.32 Å². The average Bonchev–Trinajstić information content (AvgIpc) is 2.52. The summed E-state index contributed by atoms with van der Waals surface area (Å²) in [7, 11) is 0. The number of benzene rings is 1. The van der Waals surface area contributed by atoms with Crippen LogP contribution in [0.25, 0.3) is 0 Å². The zero-order valence-corrected chi connectivity index (χ0v) is 13.2. The summed E-state index contributed by atoms with van der Waals surface area (Å²) in [5.41, 5.74) is 0.547. The van der Waals surface area contributed by atoms with Crippen molar-refractivity contribution in [2.75, 3.05) is 6.54 Å². The van der Waals surface area contributed by atoms with Gasteiger partial charge in [0.25, 0.3) is 0 Å². The number of amides is 1. The normalized spacial score (nSPS) is 23.3. The Morgan fingerprint density at radius 2 is 1.87 bits per heavy atom. The Labute approximate surface area is 137 Å². The molecule has 1 aliphatic carbocycles. The lowest BCUT2D eigenvalue weighted by atomic mass is 9.78. The molecule has 0 saturated heterocycles. The number of hydrogen-bond donors (Lipinski definition) is 2. The van der Waals surface area contributed by atoms with Crippen LogP contribution in [-0.4, -0.2) is 23.7 Å². The maximum absolute atomic E-state index is 13.0. The minimum atomic E-state index is -4.36. The van der Waals surface area contributed by atoms with E-state index in [2.05, 4.69) is 5.32 Å². The third-order valence-corrected chi connectivity index (χ3v) is 4.50. The monoisotopic (exact) mass is 349 g/mol. The van der Waals surface area contributed by atoms with Crippen LogP contribution in [0.15, 0.2) is 24.3 Å². The van der Waals surface area contributed by atoms with Gasteiger partial charge >= 0.3 is 6.18 Å². The van der Waals surface area contributed by atoms with Crippen LogP contribution in [0, 0.1) is 11.8 Å². The first kappa shape index (κ1) is 18.1. The molecule has 23 heavy (non-hydrogen) atoms. The van der Waals surface area contributed by atoms with E-state index in [0.717, 1.165) is 0 Å². The highest BCUT2D eigenvalue weighted by atomic mass is 35.5. The molecule has 0 heterocycles. The zero-order valence-electron chi connectivity index (χ0n) is 12.4. The van der Waals surface area contributed by atoms with Crippen LogP contribution < -0.4 is 5.32 Å². The van der Waals surface area contributed by atoms with Crippen molar-refractivity contribution in [3.63, 3.8) is 0 Å². The SMILES string of the molecule is O=C(NCC(O)c1ccc(Cl)cc1)C1CCCCC1C(F)(F)F. The summed E-state index contributed by atoms with van der Waals surface area (Å²) < 4.78 is 39.0. The Morgan fingerprint density at radius 1 is 1.26 bits per heavy atom. The summed E-state index contributed by atoms with van der Waals surface area (Å²) in [5.74, 6) is -3.30. The van der Waals surface area contributed by atoms with Crippen LogP contribution in [0.4, 0.5) is 13.2 Å². The summed E-state index contributed by atoms with van der Waals surface area (Å²) in [6, 6.07) is 6.42. The quantitative estimate of drug-likeness (QED) is 0.867. The summed E-state index contributed by atoms with van der Waals surface area (Å²) in [6.45, 7) is -0.123. The van der Waals surface area contributed by atoms with Gasteiger partial charge in [0.15, 0.2) is 0 Å². The number of carbonyl (C=O) groups excluding carboxylic acids is 1. The molecule has 1 aromatic carbocycles. The Hall–Kier alpha value is -1.27. The molecule has 1 aromatic rings. The van der Waals surface area contributed by atoms with Crippen LogP contribution in [0.2, 0.25) is 5.02 Å². The van der Waals surface area contributed by atoms with Crippen molar-refractivity contribution in [1.29, 1.82) is 0 Å². The fourth-order valence-corrected chi connectivity index (χ4v) is 3.09. The molecule has 0 radical (unpaired) electrons. The van der Waals surface area contributed by atoms with Crippen molar-refractivity contribution in [2.24, 2.45) is 11.8 Å². The van der Waals surface area contributed by atoms with Gasteiger partial charge in [-0.05, 0) is 30.5 Å². The van der Waals surface area contributed by atoms with Crippen LogP contribution in [-0.2, 0) is 4.79 Å². The van der Waals surface area contributed by atoms with Crippen molar-refractivity contribution >= 4 is 17.5 Å². The number of halogens is 4. The summed E-state index contributed by atoms with van der Waals surface area (Å²) in [5, 5.41) is 13.0. The predicted octanol–water partition coefficient (Wildman–Crippen LogP) is 3.86. The van der Waals surface area contributed by atoms with E-state index in [4.69, 9.17) is 11.6 Å². The number of aliphatic hydroxyl groups excluding tert-OH is 1. The summed E-state index contributed by atoms with van der Waals surface area (Å²) in [4.78, 5) is 12.1. The van der Waals surface area contributed by atoms with Crippen molar-refractivity contribution in [3.8, 4) is 0 Å². The highest BCUT2D eigenvalue weighted by molar-refractivity contribution is 6.30. The second-order valence-corrected chi connectivity index (χ2v) is 6.29. The van der Waals surface area contributed by atoms with E-state index >= 15 is 0 Å². The molecule has 3 atom stereocenters. The first-order valence-corrected chi connectivity index (χ1v) is 7.95. The van der Waals surface area contributed by atoms with E-state index in [1.165, 1.54) is 0 Å². The van der Waals surface area contributed by atoms with Crippen LogP contribution in [0.1, 0.15) is 37.4 Å². The van der Waals surface area contributed by atoms with E-state index in [1.807, 2.05) is 0 Å². The van der Waals surface area contributed by atoms with Gasteiger partial charge in [0.2, 0.25) is 5.91 Å². The van der Waals surface area contributed by atoms with Gasteiger partial charge in [0.05, 0.1) is 12.0 Å². The second kappa shape index (κ2) is 7.53. The van der Waals surface area contributed by atoms with Gasteiger partial charge in [0.1, 0.15) is 0 Å². The average molecular weight is 350 g/mol. The molecule has 1 fully saturated rings. The maximum atomic E-state index is 13.0. The number of alkyl halides is 3. The van der Waals surface area contributed by atoms with E-state index in [9.17, 15) is 23.1 Å². The van der Waals surface area contributed by atoms with E-state index in [1.54, 1.807) is 24.3 Å². The number of carbonyl (C=O) groups is 1. The third-order valence-electron chi connectivity index (χ3n) is 4.25. The molecule has 0 aromatic heterocycles. The minimum Gasteiger partial charge on any atom is -0.387 e. The Balaban J connectivity index is 1.93. The minimum absolute atomic E-state index is 0.0126. The highest BCUT2D eigenvalue weighted by Crippen LogP contribution is 2.41. The number of aliphatic hydroxyl groups is 1. The van der Waals surface area contributed by atoms with Gasteiger partial charge < -0.3 is 10.4 Å². The van der Waals surface area contributed by atoms with Crippen LogP contribution >= 0.6 is 11.6 Å². The second-order valence-electron chi connectivity index (χ2n) is 5.85. The van der Waals surface area contributed by atoms with E-state index < -0.39 is 30.0 Å². The zero-order chi connectivity index (χ0) is 17.0. The molecule has 3 unspecified atom stereocenters. The Morgan fingerprint density at radius 3 is 2.48 bits per heavy atom. The molecule has 1 amide bonds. The van der Waals surface area contributed by atoms with Crippen LogP contribution in [0.5, 0.6) is 0 Å². The fraction of sp³-hybridized carbons (Fsp3) is 0.562. The molecular weight excluding hydrogens is 331 g/mol. The lowest BCUT2D eigenvalue weighted by Crippen LogP contribution is -2.43. The highest BCUT2D eigenvalue weighted by Gasteiger charge is 2.47. The smallest absolute Gasteiger partial charge is 0.387 e. The number of hydrogen-bond acceptors (Lipinski definition) is 2. The van der Waals surface area contributed by atoms with Gasteiger partial charge in [0, 0.05) is 17.5 Å². The largest absolute Gasteiger partial charge is 0.392 e. The van der Waals surface area contributed by atoms with E-state index in [-0.39, 0.29) is 19.4 Å². The van der Waals surface area contributed by atoms with Gasteiger partial charge in [-0.2, -0.15) is 13.2 Å². The molecule has 2 N–H and O–H groups in total. The van der Waals surface area contributed by atoms with Crippen molar-refractivity contribution in [3.05, 3.63) is 34.9 Å².